The van der Waals surface area contributed by atoms with E-state index < -0.39 is 6.09 Å². The first-order valence-electron chi connectivity index (χ1n) is 13.2. The summed E-state index contributed by atoms with van der Waals surface area (Å²) in [6, 6.07) is 26.9. The smallest absolute Gasteiger partial charge is 0.391 e. The summed E-state index contributed by atoms with van der Waals surface area (Å²) in [5, 5.41) is 4.92. The van der Waals surface area contributed by atoms with Gasteiger partial charge in [-0.1, -0.05) is 53.5 Å². The van der Waals surface area contributed by atoms with Crippen molar-refractivity contribution in [3.05, 3.63) is 142 Å². The van der Waals surface area contributed by atoms with Crippen LogP contribution in [-0.2, 0) is 13.6 Å². The van der Waals surface area contributed by atoms with Crippen LogP contribution in [-0.4, -0.2) is 25.6 Å². The van der Waals surface area contributed by atoms with Gasteiger partial charge in [-0.3, -0.25) is 4.98 Å². The first kappa shape index (κ1) is 27.4. The number of aromatic nitrogens is 4. The van der Waals surface area contributed by atoms with Crippen molar-refractivity contribution in [3.8, 4) is 17.0 Å². The highest BCUT2D eigenvalue weighted by Crippen LogP contribution is 2.38. The number of fused-ring (bicyclic) bond motifs is 1. The number of rotatable bonds is 7. The molecule has 0 aliphatic rings. The second-order valence-corrected chi connectivity index (χ2v) is 10.7. The van der Waals surface area contributed by atoms with Crippen molar-refractivity contribution in [1.82, 2.24) is 24.8 Å². The molecule has 6 rings (SSSR count). The van der Waals surface area contributed by atoms with Gasteiger partial charge >= 0.3 is 6.09 Å². The van der Waals surface area contributed by atoms with Crippen molar-refractivity contribution in [3.63, 3.8) is 0 Å². The Morgan fingerprint density at radius 2 is 1.69 bits per heavy atom. The van der Waals surface area contributed by atoms with Gasteiger partial charge in [0.05, 0.1) is 17.8 Å². The standard InChI is InChI=1S/C33H25Cl2N5O2/c1-40-20-37-19-30(40)32(22-5-8-25(34)9-6-22)24-7-10-29-28(16-24)27(23-3-2-4-26(35)15-23)17-31(39-29)42-33(41)38-18-21-11-13-36-14-12-21/h2-17,19-20,32H,18H2,1H3,(H,38,41). The van der Waals surface area contributed by atoms with E-state index in [0.29, 0.717) is 22.1 Å². The molecule has 42 heavy (non-hydrogen) atoms. The lowest BCUT2D eigenvalue weighted by Gasteiger charge is -2.20. The fourth-order valence-corrected chi connectivity index (χ4v) is 5.30. The van der Waals surface area contributed by atoms with Crippen LogP contribution in [0.25, 0.3) is 22.0 Å². The van der Waals surface area contributed by atoms with Crippen molar-refractivity contribution in [2.75, 3.05) is 0 Å². The summed E-state index contributed by atoms with van der Waals surface area (Å²) in [6.07, 6.45) is 6.41. The number of amides is 1. The van der Waals surface area contributed by atoms with Crippen LogP contribution in [0.5, 0.6) is 5.88 Å². The Morgan fingerprint density at radius 3 is 2.43 bits per heavy atom. The van der Waals surface area contributed by atoms with Crippen LogP contribution in [0.1, 0.15) is 28.3 Å². The van der Waals surface area contributed by atoms with E-state index in [-0.39, 0.29) is 11.8 Å². The zero-order chi connectivity index (χ0) is 29.1. The van der Waals surface area contributed by atoms with Crippen LogP contribution in [0.4, 0.5) is 4.79 Å². The second kappa shape index (κ2) is 12.0. The van der Waals surface area contributed by atoms with E-state index in [1.165, 1.54) is 0 Å². The third kappa shape index (κ3) is 5.98. The molecule has 3 heterocycles. The summed E-state index contributed by atoms with van der Waals surface area (Å²) in [6.45, 7) is 0.305. The van der Waals surface area contributed by atoms with Crippen molar-refractivity contribution < 1.29 is 9.53 Å². The van der Waals surface area contributed by atoms with Crippen molar-refractivity contribution in [1.29, 1.82) is 0 Å². The Bertz CT molecular complexity index is 1870. The average molecular weight is 595 g/mol. The van der Waals surface area contributed by atoms with Gasteiger partial charge in [-0.15, -0.1) is 0 Å². The zero-order valence-corrected chi connectivity index (χ0v) is 24.0. The molecule has 7 nitrogen and oxygen atoms in total. The minimum Gasteiger partial charge on any atom is -0.391 e. The van der Waals surface area contributed by atoms with Gasteiger partial charge in [0.1, 0.15) is 0 Å². The Balaban J connectivity index is 1.42. The molecule has 1 N–H and O–H groups in total. The number of aryl methyl sites for hydroxylation is 1. The third-order valence-corrected chi connectivity index (χ3v) is 7.50. The number of carbonyl (C=O) groups is 1. The van der Waals surface area contributed by atoms with Gasteiger partial charge in [0, 0.05) is 59.4 Å². The number of ether oxygens (including phenoxy) is 1. The number of benzene rings is 3. The molecule has 1 unspecified atom stereocenters. The predicted octanol–water partition coefficient (Wildman–Crippen LogP) is 7.81. The fourth-order valence-electron chi connectivity index (χ4n) is 4.99. The molecule has 208 valence electrons. The summed E-state index contributed by atoms with van der Waals surface area (Å²) < 4.78 is 7.65. The van der Waals surface area contributed by atoms with E-state index in [9.17, 15) is 4.79 Å². The number of nitrogens with one attached hydrogen (secondary N) is 1. The fraction of sp³-hybridized carbons (Fsp3) is 0.0909. The molecule has 0 bridgehead atoms. The molecule has 1 amide bonds. The van der Waals surface area contributed by atoms with E-state index in [1.54, 1.807) is 24.8 Å². The molecule has 3 aromatic carbocycles. The van der Waals surface area contributed by atoms with Crippen LogP contribution in [0.2, 0.25) is 10.0 Å². The molecule has 0 spiro atoms. The molecule has 0 radical (unpaired) electrons. The largest absolute Gasteiger partial charge is 0.414 e. The van der Waals surface area contributed by atoms with Gasteiger partial charge in [-0.25, -0.2) is 14.8 Å². The maximum absolute atomic E-state index is 12.7. The summed E-state index contributed by atoms with van der Waals surface area (Å²) in [7, 11) is 1.98. The Morgan fingerprint density at radius 1 is 0.905 bits per heavy atom. The Kier molecular flexibility index (Phi) is 7.86. The molecule has 9 heteroatoms. The normalized spacial score (nSPS) is 11.8. The lowest BCUT2D eigenvalue weighted by atomic mass is 9.87. The van der Waals surface area contributed by atoms with Crippen LogP contribution < -0.4 is 10.1 Å². The first-order valence-corrected chi connectivity index (χ1v) is 14.0. The van der Waals surface area contributed by atoms with Gasteiger partial charge in [0.2, 0.25) is 5.88 Å². The van der Waals surface area contributed by atoms with Crippen LogP contribution in [0.3, 0.4) is 0 Å². The number of nitrogens with zero attached hydrogens (tertiary/aromatic N) is 4. The monoisotopic (exact) mass is 593 g/mol. The molecular formula is C33H25Cl2N5O2. The molecule has 0 aliphatic carbocycles. The summed E-state index contributed by atoms with van der Waals surface area (Å²) in [4.78, 5) is 25.7. The topological polar surface area (TPSA) is 81.9 Å². The van der Waals surface area contributed by atoms with Crippen LogP contribution >= 0.6 is 23.2 Å². The minimum atomic E-state index is -0.605. The van der Waals surface area contributed by atoms with Gasteiger partial charge < -0.3 is 14.6 Å². The van der Waals surface area contributed by atoms with Crippen LogP contribution in [0, 0.1) is 0 Å². The molecule has 6 aromatic rings. The molecule has 3 aromatic heterocycles. The van der Waals surface area contributed by atoms with Crippen molar-refractivity contribution in [2.45, 2.75) is 12.5 Å². The summed E-state index contributed by atoms with van der Waals surface area (Å²) in [5.41, 5.74) is 6.43. The molecule has 0 saturated carbocycles. The average Bonchev–Trinajstić information content (AvgIpc) is 3.42. The minimum absolute atomic E-state index is 0.110. The third-order valence-electron chi connectivity index (χ3n) is 7.01. The van der Waals surface area contributed by atoms with Crippen LogP contribution in [0.15, 0.2) is 110 Å². The van der Waals surface area contributed by atoms with Crippen molar-refractivity contribution in [2.24, 2.45) is 7.05 Å². The number of hydrogen-bond donors (Lipinski definition) is 1. The highest BCUT2D eigenvalue weighted by molar-refractivity contribution is 6.31. The highest BCUT2D eigenvalue weighted by Gasteiger charge is 2.22. The predicted molar refractivity (Wildman–Crippen MR) is 165 cm³/mol. The number of carbonyl (C=O) groups excluding carboxylic acids is 1. The maximum Gasteiger partial charge on any atom is 0.414 e. The lowest BCUT2D eigenvalue weighted by Crippen LogP contribution is -2.26. The zero-order valence-electron chi connectivity index (χ0n) is 22.5. The van der Waals surface area contributed by atoms with E-state index in [0.717, 1.165) is 38.9 Å². The Labute approximate surface area is 252 Å². The number of imidazole rings is 1. The summed E-state index contributed by atoms with van der Waals surface area (Å²) in [5.74, 6) is 0.0691. The summed E-state index contributed by atoms with van der Waals surface area (Å²) >= 11 is 12.6. The molecular weight excluding hydrogens is 569 g/mol. The van der Waals surface area contributed by atoms with Crippen molar-refractivity contribution >= 4 is 40.2 Å². The molecule has 0 fully saturated rings. The Hall–Kier alpha value is -4.72. The molecule has 0 saturated heterocycles. The molecule has 0 aliphatic heterocycles. The van der Waals surface area contributed by atoms with Gasteiger partial charge in [0.15, 0.2) is 0 Å². The maximum atomic E-state index is 12.7. The van der Waals surface area contributed by atoms with E-state index in [2.05, 4.69) is 26.3 Å². The van der Waals surface area contributed by atoms with Gasteiger partial charge in [-0.05, 0) is 76.3 Å². The van der Waals surface area contributed by atoms with E-state index in [4.69, 9.17) is 27.9 Å². The second-order valence-electron chi connectivity index (χ2n) is 9.81. The van der Waals surface area contributed by atoms with Gasteiger partial charge in [-0.2, -0.15) is 0 Å². The number of halogens is 2. The number of pyridine rings is 2. The quantitative estimate of drug-likeness (QED) is 0.204. The highest BCUT2D eigenvalue weighted by atomic mass is 35.5. The number of hydrogen-bond acceptors (Lipinski definition) is 5. The first-order chi connectivity index (χ1) is 20.4. The van der Waals surface area contributed by atoms with Gasteiger partial charge in [0.25, 0.3) is 0 Å². The van der Waals surface area contributed by atoms with E-state index in [1.807, 2.05) is 90.6 Å². The molecule has 1 atom stereocenters. The lowest BCUT2D eigenvalue weighted by molar-refractivity contribution is 0.198. The SMILES string of the molecule is Cn1cncc1C(c1ccc(Cl)cc1)c1ccc2nc(OC(=O)NCc3ccncc3)cc(-c3cccc(Cl)c3)c2c1. The van der Waals surface area contributed by atoms with E-state index >= 15 is 0 Å².